The number of halogens is 1. The van der Waals surface area contributed by atoms with E-state index in [4.69, 9.17) is 16.7 Å². The molecule has 2 N–H and O–H groups in total. The number of hydrogen-bond donors (Lipinski definition) is 2. The van der Waals surface area contributed by atoms with Crippen molar-refractivity contribution in [1.29, 1.82) is 0 Å². The molecule has 0 radical (unpaired) electrons. The molecule has 0 heterocycles. The lowest BCUT2D eigenvalue weighted by Crippen LogP contribution is -2.26. The summed E-state index contributed by atoms with van der Waals surface area (Å²) in [7, 11) is 0. The van der Waals surface area contributed by atoms with Crippen molar-refractivity contribution in [2.24, 2.45) is 0 Å². The van der Waals surface area contributed by atoms with Gasteiger partial charge in [-0.05, 0) is 24.1 Å². The fourth-order valence-electron chi connectivity index (χ4n) is 1.23. The number of benzene rings is 1. The minimum absolute atomic E-state index is 0.0249. The summed E-state index contributed by atoms with van der Waals surface area (Å²) in [4.78, 5) is 11.2. The number of carbonyl (C=O) groups is 1. The molecule has 0 fully saturated rings. The van der Waals surface area contributed by atoms with Crippen molar-refractivity contribution in [2.45, 2.75) is 12.8 Å². The third-order valence-corrected chi connectivity index (χ3v) is 2.20. The predicted molar refractivity (Wildman–Crippen MR) is 59.9 cm³/mol. The van der Waals surface area contributed by atoms with Gasteiger partial charge in [0, 0.05) is 18.0 Å². The zero-order valence-corrected chi connectivity index (χ0v) is 9.13. The van der Waals surface area contributed by atoms with Gasteiger partial charge in [0.2, 0.25) is 5.91 Å². The van der Waals surface area contributed by atoms with Crippen molar-refractivity contribution < 1.29 is 9.90 Å². The van der Waals surface area contributed by atoms with E-state index in [9.17, 15) is 4.79 Å². The highest BCUT2D eigenvalue weighted by Gasteiger charge is 2.01. The van der Waals surface area contributed by atoms with Crippen molar-refractivity contribution in [3.63, 3.8) is 0 Å². The van der Waals surface area contributed by atoms with Crippen LogP contribution in [0.1, 0.15) is 12.0 Å². The van der Waals surface area contributed by atoms with Crippen LogP contribution >= 0.6 is 11.6 Å². The summed E-state index contributed by atoms with van der Waals surface area (Å²) in [6.45, 7) is 0.289. The molecule has 0 aliphatic rings. The highest BCUT2D eigenvalue weighted by molar-refractivity contribution is 6.30. The molecule has 82 valence electrons. The van der Waals surface area contributed by atoms with E-state index in [1.54, 1.807) is 6.07 Å². The Morgan fingerprint density at radius 1 is 1.47 bits per heavy atom. The Morgan fingerprint density at radius 3 is 2.93 bits per heavy atom. The molecule has 0 bridgehead atoms. The summed E-state index contributed by atoms with van der Waals surface area (Å²) in [5.41, 5.74) is 1.04. The fraction of sp³-hybridized carbons (Fsp3) is 0.364. The van der Waals surface area contributed by atoms with Crippen molar-refractivity contribution in [2.75, 3.05) is 13.2 Å². The van der Waals surface area contributed by atoms with Crippen LogP contribution in [0.3, 0.4) is 0 Å². The highest BCUT2D eigenvalue weighted by atomic mass is 35.5. The molecular weight excluding hydrogens is 214 g/mol. The first kappa shape index (κ1) is 12.0. The molecule has 1 amide bonds. The number of carbonyl (C=O) groups excluding carboxylic acids is 1. The maximum absolute atomic E-state index is 11.2. The molecule has 1 rings (SSSR count). The minimum atomic E-state index is -0.0518. The molecular formula is C11H14ClNO2. The fourth-order valence-corrected chi connectivity index (χ4v) is 1.45. The molecule has 15 heavy (non-hydrogen) atoms. The predicted octanol–water partition coefficient (Wildman–Crippen LogP) is 1.38. The van der Waals surface area contributed by atoms with Crippen LogP contribution in [0.4, 0.5) is 0 Å². The van der Waals surface area contributed by atoms with Crippen LogP contribution in [0.25, 0.3) is 0 Å². The molecule has 1 aromatic carbocycles. The number of amides is 1. The first-order valence-corrected chi connectivity index (χ1v) is 5.22. The number of nitrogens with one attached hydrogen (secondary N) is 1. The Kier molecular flexibility index (Phi) is 5.15. The van der Waals surface area contributed by atoms with E-state index in [-0.39, 0.29) is 12.5 Å². The zero-order chi connectivity index (χ0) is 11.1. The molecule has 3 nitrogen and oxygen atoms in total. The van der Waals surface area contributed by atoms with Crippen LogP contribution in [0.15, 0.2) is 24.3 Å². The van der Waals surface area contributed by atoms with E-state index in [1.165, 1.54) is 0 Å². The van der Waals surface area contributed by atoms with Gasteiger partial charge in [-0.15, -0.1) is 0 Å². The first-order valence-electron chi connectivity index (χ1n) is 4.84. The molecule has 0 aliphatic carbocycles. The van der Waals surface area contributed by atoms with Crippen LogP contribution in [0, 0.1) is 0 Å². The standard InChI is InChI=1S/C11H14ClNO2/c12-10-3-1-2-9(8-10)4-5-11(15)13-6-7-14/h1-3,8,14H,4-7H2,(H,13,15). The number of rotatable bonds is 5. The lowest BCUT2D eigenvalue weighted by molar-refractivity contribution is -0.121. The topological polar surface area (TPSA) is 49.3 Å². The van der Waals surface area contributed by atoms with Gasteiger partial charge in [0.25, 0.3) is 0 Å². The van der Waals surface area contributed by atoms with E-state index >= 15 is 0 Å². The monoisotopic (exact) mass is 227 g/mol. The highest BCUT2D eigenvalue weighted by Crippen LogP contribution is 2.11. The van der Waals surface area contributed by atoms with Gasteiger partial charge in [-0.1, -0.05) is 23.7 Å². The summed E-state index contributed by atoms with van der Waals surface area (Å²) in [6.07, 6.45) is 1.08. The Balaban J connectivity index is 2.33. The smallest absolute Gasteiger partial charge is 0.220 e. The van der Waals surface area contributed by atoms with Crippen LogP contribution in [-0.2, 0) is 11.2 Å². The molecule has 0 unspecified atom stereocenters. The van der Waals surface area contributed by atoms with Gasteiger partial charge in [-0.2, -0.15) is 0 Å². The third-order valence-electron chi connectivity index (χ3n) is 1.96. The van der Waals surface area contributed by atoms with E-state index in [2.05, 4.69) is 5.32 Å². The molecule has 0 aromatic heterocycles. The Labute approximate surface area is 94.1 Å². The number of aliphatic hydroxyl groups is 1. The summed E-state index contributed by atoms with van der Waals surface area (Å²) >= 11 is 5.81. The average molecular weight is 228 g/mol. The van der Waals surface area contributed by atoms with Crippen molar-refractivity contribution in [3.05, 3.63) is 34.9 Å². The number of hydrogen-bond acceptors (Lipinski definition) is 2. The second-order valence-corrected chi connectivity index (χ2v) is 3.64. The molecule has 0 saturated heterocycles. The van der Waals surface area contributed by atoms with Gasteiger partial charge in [0.05, 0.1) is 6.61 Å². The summed E-state index contributed by atoms with van der Waals surface area (Å²) in [6, 6.07) is 7.45. The third kappa shape index (κ3) is 4.81. The average Bonchev–Trinajstić information content (AvgIpc) is 2.23. The number of aryl methyl sites for hydroxylation is 1. The minimum Gasteiger partial charge on any atom is -0.395 e. The van der Waals surface area contributed by atoms with Gasteiger partial charge < -0.3 is 10.4 Å². The second kappa shape index (κ2) is 6.43. The lowest BCUT2D eigenvalue weighted by Gasteiger charge is -2.03. The van der Waals surface area contributed by atoms with E-state index in [1.807, 2.05) is 18.2 Å². The van der Waals surface area contributed by atoms with Gasteiger partial charge in [0.1, 0.15) is 0 Å². The number of aliphatic hydroxyl groups excluding tert-OH is 1. The molecule has 1 aromatic rings. The molecule has 0 atom stereocenters. The summed E-state index contributed by atoms with van der Waals surface area (Å²) < 4.78 is 0. The normalized spacial score (nSPS) is 10.0. The SMILES string of the molecule is O=C(CCc1cccc(Cl)c1)NCCO. The van der Waals surface area contributed by atoms with Crippen molar-refractivity contribution in [1.82, 2.24) is 5.32 Å². The van der Waals surface area contributed by atoms with Gasteiger partial charge in [-0.3, -0.25) is 4.79 Å². The van der Waals surface area contributed by atoms with Gasteiger partial charge in [0.15, 0.2) is 0 Å². The molecule has 0 aliphatic heterocycles. The first-order chi connectivity index (χ1) is 7.22. The molecule has 0 spiro atoms. The second-order valence-electron chi connectivity index (χ2n) is 3.20. The van der Waals surface area contributed by atoms with Crippen LogP contribution in [0.2, 0.25) is 5.02 Å². The maximum Gasteiger partial charge on any atom is 0.220 e. The lowest BCUT2D eigenvalue weighted by atomic mass is 10.1. The Morgan fingerprint density at radius 2 is 2.27 bits per heavy atom. The summed E-state index contributed by atoms with van der Waals surface area (Å²) in [5, 5.41) is 11.8. The van der Waals surface area contributed by atoms with Crippen LogP contribution in [-0.4, -0.2) is 24.2 Å². The molecule has 4 heteroatoms. The van der Waals surface area contributed by atoms with Crippen LogP contribution < -0.4 is 5.32 Å². The summed E-state index contributed by atoms with van der Waals surface area (Å²) in [5.74, 6) is -0.0518. The Hall–Kier alpha value is -1.06. The van der Waals surface area contributed by atoms with Crippen LogP contribution in [0.5, 0.6) is 0 Å². The van der Waals surface area contributed by atoms with Gasteiger partial charge in [-0.25, -0.2) is 0 Å². The van der Waals surface area contributed by atoms with E-state index in [0.29, 0.717) is 24.4 Å². The van der Waals surface area contributed by atoms with Gasteiger partial charge >= 0.3 is 0 Å². The van der Waals surface area contributed by atoms with Crippen molar-refractivity contribution in [3.8, 4) is 0 Å². The maximum atomic E-state index is 11.2. The van der Waals surface area contributed by atoms with Crippen molar-refractivity contribution >= 4 is 17.5 Å². The quantitative estimate of drug-likeness (QED) is 0.799. The largest absolute Gasteiger partial charge is 0.395 e. The zero-order valence-electron chi connectivity index (χ0n) is 8.37. The van der Waals surface area contributed by atoms with E-state index in [0.717, 1.165) is 5.56 Å². The Bertz CT molecular complexity index is 328. The van der Waals surface area contributed by atoms with E-state index < -0.39 is 0 Å². The molecule has 0 saturated carbocycles.